The summed E-state index contributed by atoms with van der Waals surface area (Å²) in [6, 6.07) is 0. The number of aliphatic hydroxyl groups is 1. The Morgan fingerprint density at radius 1 is 0.852 bits per heavy atom. The van der Waals surface area contributed by atoms with Gasteiger partial charge in [-0.15, -0.1) is 0 Å². The fraction of sp³-hybridized carbons (Fsp3) is 0.870. The number of carbonyl (C=O) groups is 1. The van der Waals surface area contributed by atoms with Crippen molar-refractivity contribution >= 4 is 5.97 Å². The minimum Gasteiger partial charge on any atom is -0.457 e. The van der Waals surface area contributed by atoms with Gasteiger partial charge in [0, 0.05) is 13.0 Å². The number of unbranched alkanes of at least 4 members (excludes halogenated alkanes) is 10. The summed E-state index contributed by atoms with van der Waals surface area (Å²) in [6.07, 6.45) is 20.5. The molecule has 0 aliphatic rings. The first-order chi connectivity index (χ1) is 13.2. The third-order valence-corrected chi connectivity index (χ3v) is 4.56. The highest BCUT2D eigenvalue weighted by molar-refractivity contribution is 5.69. The van der Waals surface area contributed by atoms with Gasteiger partial charge < -0.3 is 14.6 Å². The fourth-order valence-corrected chi connectivity index (χ4v) is 2.89. The number of ether oxygens (including phenoxy) is 2. The number of allylic oxidation sites excluding steroid dienone is 2. The first-order valence-corrected chi connectivity index (χ1v) is 11.3. The zero-order chi connectivity index (χ0) is 20.0. The molecule has 0 spiro atoms. The van der Waals surface area contributed by atoms with Crippen LogP contribution in [0.5, 0.6) is 0 Å². The van der Waals surface area contributed by atoms with Crippen molar-refractivity contribution in [2.45, 2.75) is 110 Å². The lowest BCUT2D eigenvalue weighted by atomic mass is 10.1. The Balaban J connectivity index is 3.32. The molecule has 160 valence electrons. The molecule has 0 aromatic carbocycles. The lowest BCUT2D eigenvalue weighted by Crippen LogP contribution is -2.27. The van der Waals surface area contributed by atoms with Crippen LogP contribution in [0.15, 0.2) is 12.2 Å². The number of hydrogen-bond acceptors (Lipinski definition) is 4. The highest BCUT2D eigenvalue weighted by Gasteiger charge is 2.12. The van der Waals surface area contributed by atoms with Crippen LogP contribution in [-0.4, -0.2) is 37.0 Å². The molecular weight excluding hydrogens is 340 g/mol. The smallest absolute Gasteiger partial charge is 0.306 e. The van der Waals surface area contributed by atoms with Gasteiger partial charge in [-0.2, -0.15) is 0 Å². The molecule has 0 aromatic rings. The van der Waals surface area contributed by atoms with Crippen LogP contribution in [0.25, 0.3) is 0 Å². The maximum absolute atomic E-state index is 11.4. The van der Waals surface area contributed by atoms with Gasteiger partial charge in [0.25, 0.3) is 0 Å². The van der Waals surface area contributed by atoms with E-state index in [-0.39, 0.29) is 19.2 Å². The molecule has 4 heteroatoms. The van der Waals surface area contributed by atoms with E-state index in [2.05, 4.69) is 19.1 Å². The first kappa shape index (κ1) is 26.1. The zero-order valence-electron chi connectivity index (χ0n) is 17.9. The van der Waals surface area contributed by atoms with Gasteiger partial charge in [-0.3, -0.25) is 4.79 Å². The second-order valence-electron chi connectivity index (χ2n) is 7.35. The second kappa shape index (κ2) is 21.4. The SMILES string of the molecule is CCCCCC/C=C\CCCCCCCCOCC(CO)OC(=O)CCC. The third kappa shape index (κ3) is 19.7. The maximum Gasteiger partial charge on any atom is 0.306 e. The van der Waals surface area contributed by atoms with Gasteiger partial charge >= 0.3 is 5.97 Å². The second-order valence-corrected chi connectivity index (χ2v) is 7.35. The minimum atomic E-state index is -0.524. The van der Waals surface area contributed by atoms with Crippen molar-refractivity contribution in [1.29, 1.82) is 0 Å². The van der Waals surface area contributed by atoms with Gasteiger partial charge in [0.05, 0.1) is 13.2 Å². The van der Waals surface area contributed by atoms with E-state index >= 15 is 0 Å². The molecule has 4 nitrogen and oxygen atoms in total. The monoisotopic (exact) mass is 384 g/mol. The molecule has 0 amide bonds. The van der Waals surface area contributed by atoms with E-state index < -0.39 is 6.10 Å². The van der Waals surface area contributed by atoms with Crippen LogP contribution in [-0.2, 0) is 14.3 Å². The molecule has 1 unspecified atom stereocenters. The first-order valence-electron chi connectivity index (χ1n) is 11.3. The summed E-state index contributed by atoms with van der Waals surface area (Å²) in [5.41, 5.74) is 0. The Bertz CT molecular complexity index is 341. The molecule has 1 N–H and O–H groups in total. The van der Waals surface area contributed by atoms with Crippen LogP contribution in [0, 0.1) is 0 Å². The van der Waals surface area contributed by atoms with E-state index in [1.165, 1.54) is 70.6 Å². The van der Waals surface area contributed by atoms with Crippen LogP contribution in [0.4, 0.5) is 0 Å². The molecule has 0 rings (SSSR count). The summed E-state index contributed by atoms with van der Waals surface area (Å²) < 4.78 is 10.7. The Labute approximate surface area is 167 Å². The van der Waals surface area contributed by atoms with E-state index in [4.69, 9.17) is 9.47 Å². The van der Waals surface area contributed by atoms with Crippen LogP contribution in [0.3, 0.4) is 0 Å². The summed E-state index contributed by atoms with van der Waals surface area (Å²) in [4.78, 5) is 11.4. The van der Waals surface area contributed by atoms with E-state index in [0.29, 0.717) is 13.0 Å². The molecule has 1 atom stereocenters. The minimum absolute atomic E-state index is 0.178. The van der Waals surface area contributed by atoms with Gasteiger partial charge in [0.15, 0.2) is 0 Å². The molecule has 27 heavy (non-hydrogen) atoms. The van der Waals surface area contributed by atoms with E-state index in [9.17, 15) is 9.90 Å². The summed E-state index contributed by atoms with van der Waals surface area (Å²) in [6.45, 7) is 4.96. The van der Waals surface area contributed by atoms with Crippen LogP contribution >= 0.6 is 0 Å². The molecule has 0 saturated carbocycles. The maximum atomic E-state index is 11.4. The normalized spacial score (nSPS) is 12.6. The predicted octanol–water partition coefficient (Wildman–Crippen LogP) is 5.96. The number of aliphatic hydroxyl groups excluding tert-OH is 1. The average molecular weight is 385 g/mol. The number of rotatable bonds is 20. The summed E-state index contributed by atoms with van der Waals surface area (Å²) in [5, 5.41) is 9.21. The molecule has 0 aliphatic carbocycles. The molecule has 0 saturated heterocycles. The van der Waals surface area contributed by atoms with Crippen molar-refractivity contribution in [3.05, 3.63) is 12.2 Å². The third-order valence-electron chi connectivity index (χ3n) is 4.56. The molecule has 0 fully saturated rings. The Hall–Kier alpha value is -0.870. The Morgan fingerprint density at radius 3 is 2.04 bits per heavy atom. The van der Waals surface area contributed by atoms with Crippen molar-refractivity contribution in [1.82, 2.24) is 0 Å². The summed E-state index contributed by atoms with van der Waals surface area (Å²) in [7, 11) is 0. The number of hydrogen-bond donors (Lipinski definition) is 1. The molecule has 0 heterocycles. The summed E-state index contributed by atoms with van der Waals surface area (Å²) >= 11 is 0. The lowest BCUT2D eigenvalue weighted by Gasteiger charge is -2.15. The van der Waals surface area contributed by atoms with Crippen molar-refractivity contribution in [3.8, 4) is 0 Å². The van der Waals surface area contributed by atoms with Crippen LogP contribution < -0.4 is 0 Å². The average Bonchev–Trinajstić information content (AvgIpc) is 2.66. The van der Waals surface area contributed by atoms with Gasteiger partial charge in [0.2, 0.25) is 0 Å². The molecule has 0 aromatic heterocycles. The number of esters is 1. The van der Waals surface area contributed by atoms with Gasteiger partial charge in [0.1, 0.15) is 6.10 Å². The zero-order valence-corrected chi connectivity index (χ0v) is 17.9. The Morgan fingerprint density at radius 2 is 1.44 bits per heavy atom. The Kier molecular flexibility index (Phi) is 20.7. The van der Waals surface area contributed by atoms with Gasteiger partial charge in [-0.05, 0) is 38.5 Å². The molecule has 0 radical (unpaired) electrons. The standard InChI is InChI=1S/C23H44O4/c1-3-5-6-7-8-9-10-11-12-13-14-15-16-17-19-26-21-22(20-24)27-23(25)18-4-2/h9-10,22,24H,3-8,11-21H2,1-2H3/b10-9-. The van der Waals surface area contributed by atoms with Crippen molar-refractivity contribution in [3.63, 3.8) is 0 Å². The van der Waals surface area contributed by atoms with Crippen molar-refractivity contribution < 1.29 is 19.4 Å². The lowest BCUT2D eigenvalue weighted by molar-refractivity contribution is -0.154. The molecule has 0 aliphatic heterocycles. The fourth-order valence-electron chi connectivity index (χ4n) is 2.89. The largest absolute Gasteiger partial charge is 0.457 e. The van der Waals surface area contributed by atoms with E-state index in [1.807, 2.05) is 6.92 Å². The van der Waals surface area contributed by atoms with E-state index in [0.717, 1.165) is 12.8 Å². The molecule has 0 bridgehead atoms. The van der Waals surface area contributed by atoms with E-state index in [1.54, 1.807) is 0 Å². The van der Waals surface area contributed by atoms with Crippen LogP contribution in [0.2, 0.25) is 0 Å². The summed E-state index contributed by atoms with van der Waals surface area (Å²) in [5.74, 6) is -0.258. The highest BCUT2D eigenvalue weighted by Crippen LogP contribution is 2.09. The number of carbonyl (C=O) groups excluding carboxylic acids is 1. The van der Waals surface area contributed by atoms with Gasteiger partial charge in [-0.1, -0.05) is 70.9 Å². The highest BCUT2D eigenvalue weighted by atomic mass is 16.6. The molecular formula is C23H44O4. The van der Waals surface area contributed by atoms with Crippen LogP contribution in [0.1, 0.15) is 104 Å². The quantitative estimate of drug-likeness (QED) is 0.160. The topological polar surface area (TPSA) is 55.8 Å². The van der Waals surface area contributed by atoms with Gasteiger partial charge in [-0.25, -0.2) is 0 Å². The predicted molar refractivity (Wildman–Crippen MR) is 113 cm³/mol. The van der Waals surface area contributed by atoms with Crippen molar-refractivity contribution in [2.24, 2.45) is 0 Å². The van der Waals surface area contributed by atoms with Crippen molar-refractivity contribution in [2.75, 3.05) is 19.8 Å².